The average Bonchev–Trinajstić information content (AvgIpc) is 2.65. The predicted molar refractivity (Wildman–Crippen MR) is 60.5 cm³/mol. The van der Waals surface area contributed by atoms with Crippen molar-refractivity contribution in [2.75, 3.05) is 6.61 Å². The van der Waals surface area contributed by atoms with E-state index in [1.807, 2.05) is 0 Å². The van der Waals surface area contributed by atoms with Crippen LogP contribution in [0.4, 0.5) is 0 Å². The molecule has 0 bridgehead atoms. The third-order valence-electron chi connectivity index (χ3n) is 3.24. The predicted octanol–water partition coefficient (Wildman–Crippen LogP) is 2.58. The number of nitrogens with one attached hydrogen (secondary N) is 1. The second kappa shape index (κ2) is 5.72. The zero-order valence-electron chi connectivity index (χ0n) is 10.0. The molecule has 0 aromatic carbocycles. The van der Waals surface area contributed by atoms with Crippen LogP contribution in [0.3, 0.4) is 0 Å². The van der Waals surface area contributed by atoms with Crippen molar-refractivity contribution < 1.29 is 4.74 Å². The summed E-state index contributed by atoms with van der Waals surface area (Å²) < 4.78 is 5.68. The second-order valence-corrected chi connectivity index (χ2v) is 4.77. The van der Waals surface area contributed by atoms with Gasteiger partial charge in [-0.05, 0) is 32.1 Å². The van der Waals surface area contributed by atoms with Crippen molar-refractivity contribution in [3.8, 4) is 0 Å². The van der Waals surface area contributed by atoms with Crippen LogP contribution in [0.5, 0.6) is 0 Å². The van der Waals surface area contributed by atoms with Gasteiger partial charge in [0.2, 0.25) is 0 Å². The highest BCUT2D eigenvalue weighted by Crippen LogP contribution is 2.17. The van der Waals surface area contributed by atoms with Crippen LogP contribution in [0.15, 0.2) is 0 Å². The van der Waals surface area contributed by atoms with E-state index in [-0.39, 0.29) is 0 Å². The molecule has 3 atom stereocenters. The number of ether oxygens (including phenoxy) is 1. The zero-order valence-corrected chi connectivity index (χ0v) is 10.0. The van der Waals surface area contributed by atoms with Gasteiger partial charge in [-0.3, -0.25) is 0 Å². The molecule has 84 valence electrons. The molecular formula is C12H25NO. The van der Waals surface area contributed by atoms with Crippen molar-refractivity contribution in [3.63, 3.8) is 0 Å². The molecule has 0 aromatic rings. The molecule has 0 aromatic heterocycles. The van der Waals surface area contributed by atoms with Gasteiger partial charge in [-0.1, -0.05) is 20.8 Å². The molecule has 1 heterocycles. The maximum absolute atomic E-state index is 5.68. The van der Waals surface area contributed by atoms with Crippen LogP contribution in [0.25, 0.3) is 0 Å². The molecule has 2 heteroatoms. The van der Waals surface area contributed by atoms with Crippen LogP contribution in [0, 0.1) is 5.92 Å². The summed E-state index contributed by atoms with van der Waals surface area (Å²) in [6, 6.07) is 1.14. The van der Waals surface area contributed by atoms with Crippen molar-refractivity contribution in [1.29, 1.82) is 0 Å². The van der Waals surface area contributed by atoms with E-state index < -0.39 is 0 Å². The minimum absolute atomic E-state index is 0.447. The van der Waals surface area contributed by atoms with Crippen molar-refractivity contribution in [3.05, 3.63) is 0 Å². The van der Waals surface area contributed by atoms with Gasteiger partial charge in [-0.25, -0.2) is 0 Å². The molecule has 14 heavy (non-hydrogen) atoms. The van der Waals surface area contributed by atoms with E-state index in [1.165, 1.54) is 19.3 Å². The quantitative estimate of drug-likeness (QED) is 0.735. The van der Waals surface area contributed by atoms with Crippen molar-refractivity contribution in [2.45, 2.75) is 65.1 Å². The Morgan fingerprint density at radius 3 is 2.50 bits per heavy atom. The number of hydrogen-bond acceptors (Lipinski definition) is 2. The molecule has 0 amide bonds. The monoisotopic (exact) mass is 199 g/mol. The van der Waals surface area contributed by atoms with Gasteiger partial charge < -0.3 is 10.1 Å². The summed E-state index contributed by atoms with van der Waals surface area (Å²) in [6.07, 6.45) is 4.11. The fraction of sp³-hybridized carbons (Fsp3) is 1.00. The summed E-state index contributed by atoms with van der Waals surface area (Å²) in [7, 11) is 0. The lowest BCUT2D eigenvalue weighted by Crippen LogP contribution is -2.45. The summed E-state index contributed by atoms with van der Waals surface area (Å²) in [5, 5.41) is 3.68. The van der Waals surface area contributed by atoms with Crippen molar-refractivity contribution in [2.24, 2.45) is 5.92 Å². The van der Waals surface area contributed by atoms with E-state index in [0.717, 1.165) is 6.61 Å². The Labute approximate surface area is 88.4 Å². The molecule has 1 aliphatic rings. The summed E-state index contributed by atoms with van der Waals surface area (Å²) in [6.45, 7) is 10.0. The standard InChI is InChI=1S/C12H25NO/c1-5-11(9(2)3)13-10(4)12-7-6-8-14-12/h9-13H,5-8H2,1-4H3. The summed E-state index contributed by atoms with van der Waals surface area (Å²) >= 11 is 0. The molecule has 0 aliphatic carbocycles. The number of hydrogen-bond donors (Lipinski definition) is 1. The van der Waals surface area contributed by atoms with E-state index in [2.05, 4.69) is 33.0 Å². The van der Waals surface area contributed by atoms with E-state index in [9.17, 15) is 0 Å². The minimum atomic E-state index is 0.447. The third kappa shape index (κ3) is 3.25. The Kier molecular flexibility index (Phi) is 4.90. The molecule has 1 fully saturated rings. The molecule has 1 saturated heterocycles. The average molecular weight is 199 g/mol. The van der Waals surface area contributed by atoms with Gasteiger partial charge in [0.1, 0.15) is 0 Å². The fourth-order valence-electron chi connectivity index (χ4n) is 2.22. The van der Waals surface area contributed by atoms with E-state index in [0.29, 0.717) is 24.1 Å². The third-order valence-corrected chi connectivity index (χ3v) is 3.24. The number of rotatable bonds is 5. The SMILES string of the molecule is CCC(NC(C)C1CCCO1)C(C)C. The Balaban J connectivity index is 2.33. The van der Waals surface area contributed by atoms with Crippen molar-refractivity contribution in [1.82, 2.24) is 5.32 Å². The van der Waals surface area contributed by atoms with Crippen molar-refractivity contribution >= 4 is 0 Å². The lowest BCUT2D eigenvalue weighted by molar-refractivity contribution is 0.0769. The lowest BCUT2D eigenvalue weighted by atomic mass is 9.99. The largest absolute Gasteiger partial charge is 0.377 e. The van der Waals surface area contributed by atoms with Crippen LogP contribution >= 0.6 is 0 Å². The zero-order chi connectivity index (χ0) is 10.6. The molecule has 2 nitrogen and oxygen atoms in total. The first-order valence-corrected chi connectivity index (χ1v) is 6.02. The molecule has 0 spiro atoms. The molecule has 0 saturated carbocycles. The Morgan fingerprint density at radius 2 is 2.07 bits per heavy atom. The van der Waals surface area contributed by atoms with Crippen LogP contribution in [0.1, 0.15) is 47.0 Å². The summed E-state index contributed by atoms with van der Waals surface area (Å²) in [5.74, 6) is 0.712. The summed E-state index contributed by atoms with van der Waals surface area (Å²) in [4.78, 5) is 0. The van der Waals surface area contributed by atoms with Gasteiger partial charge >= 0.3 is 0 Å². The van der Waals surface area contributed by atoms with Crippen LogP contribution in [0.2, 0.25) is 0 Å². The second-order valence-electron chi connectivity index (χ2n) is 4.77. The van der Waals surface area contributed by atoms with E-state index in [4.69, 9.17) is 4.74 Å². The lowest BCUT2D eigenvalue weighted by Gasteiger charge is -2.28. The first kappa shape index (κ1) is 12.0. The van der Waals surface area contributed by atoms with Gasteiger partial charge in [0, 0.05) is 18.7 Å². The van der Waals surface area contributed by atoms with Gasteiger partial charge in [-0.2, -0.15) is 0 Å². The fourth-order valence-corrected chi connectivity index (χ4v) is 2.22. The van der Waals surface area contributed by atoms with Crippen LogP contribution < -0.4 is 5.32 Å². The Hall–Kier alpha value is -0.0800. The van der Waals surface area contributed by atoms with Gasteiger partial charge in [0.15, 0.2) is 0 Å². The highest BCUT2D eigenvalue weighted by Gasteiger charge is 2.24. The topological polar surface area (TPSA) is 21.3 Å². The highest BCUT2D eigenvalue weighted by molar-refractivity contribution is 4.81. The first-order chi connectivity index (χ1) is 6.65. The van der Waals surface area contributed by atoms with Gasteiger partial charge in [0.25, 0.3) is 0 Å². The van der Waals surface area contributed by atoms with Gasteiger partial charge in [-0.15, -0.1) is 0 Å². The highest BCUT2D eigenvalue weighted by atomic mass is 16.5. The molecule has 3 unspecified atom stereocenters. The first-order valence-electron chi connectivity index (χ1n) is 6.02. The van der Waals surface area contributed by atoms with E-state index >= 15 is 0 Å². The van der Waals surface area contributed by atoms with Crippen LogP contribution in [-0.2, 0) is 4.74 Å². The maximum atomic E-state index is 5.68. The molecule has 1 N–H and O–H groups in total. The Morgan fingerprint density at radius 1 is 1.36 bits per heavy atom. The van der Waals surface area contributed by atoms with Crippen LogP contribution in [-0.4, -0.2) is 24.8 Å². The van der Waals surface area contributed by atoms with E-state index in [1.54, 1.807) is 0 Å². The normalized spacial score (nSPS) is 26.8. The molecule has 0 radical (unpaired) electrons. The molecule has 1 aliphatic heterocycles. The summed E-state index contributed by atoms with van der Waals surface area (Å²) in [5.41, 5.74) is 0. The smallest absolute Gasteiger partial charge is 0.0726 e. The molecular weight excluding hydrogens is 174 g/mol. The maximum Gasteiger partial charge on any atom is 0.0726 e. The van der Waals surface area contributed by atoms with Gasteiger partial charge in [0.05, 0.1) is 6.10 Å². The minimum Gasteiger partial charge on any atom is -0.377 e. The Bertz CT molecular complexity index is 152. The molecule has 1 rings (SSSR count).